The first-order valence-corrected chi connectivity index (χ1v) is 10.5. The third-order valence-electron chi connectivity index (χ3n) is 3.96. The van der Waals surface area contributed by atoms with Crippen LogP contribution in [0.5, 0.6) is 5.75 Å². The van der Waals surface area contributed by atoms with E-state index in [1.54, 1.807) is 24.3 Å². The van der Waals surface area contributed by atoms with E-state index in [1.807, 2.05) is 32.0 Å². The Morgan fingerprint density at radius 2 is 1.90 bits per heavy atom. The van der Waals surface area contributed by atoms with Crippen molar-refractivity contribution in [2.45, 2.75) is 18.2 Å². The molecule has 0 radical (unpaired) electrons. The number of amides is 2. The monoisotopic (exact) mass is 428 g/mol. The number of nitrogens with zero attached hydrogens (tertiary/aromatic N) is 2. The van der Waals surface area contributed by atoms with Crippen LogP contribution in [-0.4, -0.2) is 34.9 Å². The van der Waals surface area contributed by atoms with Gasteiger partial charge in [-0.25, -0.2) is 0 Å². The standard InChI is InChI=1S/C20H20N4O3S2/c1-12-8-9-15(13(2)10-12)21-17(25)11-28-20-24-23-19(29-20)22-18(26)14-6-4-5-7-16(14)27-3/h4-10H,11H2,1-3H3,(H,21,25)(H,22,23,26). The fraction of sp³-hybridized carbons (Fsp3) is 0.200. The lowest BCUT2D eigenvalue weighted by molar-refractivity contribution is -0.113. The Balaban J connectivity index is 1.55. The summed E-state index contributed by atoms with van der Waals surface area (Å²) >= 11 is 2.48. The predicted molar refractivity (Wildman–Crippen MR) is 116 cm³/mol. The first-order chi connectivity index (χ1) is 14.0. The van der Waals surface area contributed by atoms with Gasteiger partial charge in [0.1, 0.15) is 5.75 Å². The fourth-order valence-corrected chi connectivity index (χ4v) is 4.13. The number of aryl methyl sites for hydroxylation is 2. The molecule has 1 heterocycles. The Labute approximate surface area is 176 Å². The summed E-state index contributed by atoms with van der Waals surface area (Å²) in [5, 5.41) is 13.9. The number of hydrogen-bond acceptors (Lipinski definition) is 7. The van der Waals surface area contributed by atoms with Crippen LogP contribution in [0.25, 0.3) is 0 Å². The molecule has 2 aromatic carbocycles. The first kappa shape index (κ1) is 20.8. The summed E-state index contributed by atoms with van der Waals surface area (Å²) in [6, 6.07) is 12.8. The summed E-state index contributed by atoms with van der Waals surface area (Å²) in [5.74, 6) is 0.217. The molecule has 0 aliphatic heterocycles. The number of ether oxygens (including phenoxy) is 1. The molecule has 0 atom stereocenters. The zero-order valence-electron chi connectivity index (χ0n) is 16.2. The van der Waals surface area contributed by atoms with Crippen LogP contribution < -0.4 is 15.4 Å². The van der Waals surface area contributed by atoms with Crippen LogP contribution in [0.1, 0.15) is 21.5 Å². The smallest absolute Gasteiger partial charge is 0.261 e. The summed E-state index contributed by atoms with van der Waals surface area (Å²) in [5.41, 5.74) is 3.36. The molecular formula is C20H20N4O3S2. The molecule has 0 saturated carbocycles. The quantitative estimate of drug-likeness (QED) is 0.434. The number of anilines is 2. The van der Waals surface area contributed by atoms with E-state index in [2.05, 4.69) is 20.8 Å². The van der Waals surface area contributed by atoms with Gasteiger partial charge in [0.25, 0.3) is 5.91 Å². The lowest BCUT2D eigenvalue weighted by atomic mass is 10.1. The Hall–Kier alpha value is -2.91. The SMILES string of the molecule is COc1ccccc1C(=O)Nc1nnc(SCC(=O)Nc2ccc(C)cc2C)s1. The molecular weight excluding hydrogens is 408 g/mol. The van der Waals surface area contributed by atoms with Crippen molar-refractivity contribution in [1.29, 1.82) is 0 Å². The number of carbonyl (C=O) groups is 2. The van der Waals surface area contributed by atoms with Crippen molar-refractivity contribution in [3.63, 3.8) is 0 Å². The predicted octanol–water partition coefficient (Wildman–Crippen LogP) is 4.15. The van der Waals surface area contributed by atoms with Gasteiger partial charge in [-0.05, 0) is 37.6 Å². The zero-order chi connectivity index (χ0) is 20.8. The van der Waals surface area contributed by atoms with Crippen molar-refractivity contribution in [3.05, 3.63) is 59.2 Å². The van der Waals surface area contributed by atoms with Crippen LogP contribution in [0.3, 0.4) is 0 Å². The second kappa shape index (κ2) is 9.53. The van der Waals surface area contributed by atoms with Gasteiger partial charge in [-0.1, -0.05) is 52.9 Å². The number of rotatable bonds is 7. The lowest BCUT2D eigenvalue weighted by Crippen LogP contribution is -2.14. The molecule has 3 aromatic rings. The molecule has 2 N–H and O–H groups in total. The van der Waals surface area contributed by atoms with Crippen molar-refractivity contribution in [2.24, 2.45) is 0 Å². The molecule has 0 aliphatic rings. The number of nitrogens with one attached hydrogen (secondary N) is 2. The maximum Gasteiger partial charge on any atom is 0.261 e. The van der Waals surface area contributed by atoms with Crippen molar-refractivity contribution < 1.29 is 14.3 Å². The van der Waals surface area contributed by atoms with Crippen LogP contribution in [0, 0.1) is 13.8 Å². The van der Waals surface area contributed by atoms with Gasteiger partial charge in [0, 0.05) is 5.69 Å². The van der Waals surface area contributed by atoms with E-state index in [-0.39, 0.29) is 17.6 Å². The minimum Gasteiger partial charge on any atom is -0.496 e. The van der Waals surface area contributed by atoms with Gasteiger partial charge in [0.15, 0.2) is 4.34 Å². The van der Waals surface area contributed by atoms with Crippen molar-refractivity contribution >= 4 is 45.7 Å². The average molecular weight is 429 g/mol. The summed E-state index contributed by atoms with van der Waals surface area (Å²) in [4.78, 5) is 24.6. The molecule has 1 aromatic heterocycles. The van der Waals surface area contributed by atoms with Crippen LogP contribution in [0.4, 0.5) is 10.8 Å². The van der Waals surface area contributed by atoms with Gasteiger partial charge in [-0.3, -0.25) is 14.9 Å². The van der Waals surface area contributed by atoms with Crippen molar-refractivity contribution in [3.8, 4) is 5.75 Å². The van der Waals surface area contributed by atoms with Crippen LogP contribution in [0.2, 0.25) is 0 Å². The number of benzene rings is 2. The first-order valence-electron chi connectivity index (χ1n) is 8.74. The minimum atomic E-state index is -0.331. The Morgan fingerprint density at radius 3 is 2.66 bits per heavy atom. The Morgan fingerprint density at radius 1 is 1.10 bits per heavy atom. The highest BCUT2D eigenvalue weighted by Crippen LogP contribution is 2.27. The zero-order valence-corrected chi connectivity index (χ0v) is 17.8. The van der Waals surface area contributed by atoms with Crippen molar-refractivity contribution in [1.82, 2.24) is 10.2 Å². The summed E-state index contributed by atoms with van der Waals surface area (Å²) in [6.45, 7) is 3.96. The highest BCUT2D eigenvalue weighted by molar-refractivity contribution is 8.01. The molecule has 7 nitrogen and oxygen atoms in total. The van der Waals surface area contributed by atoms with Gasteiger partial charge in [0.05, 0.1) is 18.4 Å². The van der Waals surface area contributed by atoms with E-state index >= 15 is 0 Å². The normalized spacial score (nSPS) is 10.4. The second-order valence-corrected chi connectivity index (χ2v) is 8.38. The molecule has 0 aliphatic carbocycles. The highest BCUT2D eigenvalue weighted by atomic mass is 32.2. The number of hydrogen-bond donors (Lipinski definition) is 2. The Bertz CT molecular complexity index is 1040. The molecule has 9 heteroatoms. The molecule has 0 bridgehead atoms. The van der Waals surface area contributed by atoms with Crippen LogP contribution >= 0.6 is 23.1 Å². The number of aromatic nitrogens is 2. The van der Waals surface area contributed by atoms with E-state index in [0.29, 0.717) is 20.8 Å². The fourth-order valence-electron chi connectivity index (χ4n) is 2.58. The van der Waals surface area contributed by atoms with E-state index in [0.717, 1.165) is 16.8 Å². The molecule has 0 unspecified atom stereocenters. The largest absolute Gasteiger partial charge is 0.496 e. The van der Waals surface area contributed by atoms with Crippen LogP contribution in [0.15, 0.2) is 46.8 Å². The molecule has 0 fully saturated rings. The third-order valence-corrected chi connectivity index (χ3v) is 5.93. The molecule has 0 saturated heterocycles. The molecule has 3 rings (SSSR count). The van der Waals surface area contributed by atoms with Crippen molar-refractivity contribution in [2.75, 3.05) is 23.5 Å². The number of methoxy groups -OCH3 is 1. The molecule has 150 valence electrons. The van der Waals surface area contributed by atoms with Gasteiger partial charge < -0.3 is 10.1 Å². The van der Waals surface area contributed by atoms with Gasteiger partial charge in [0.2, 0.25) is 11.0 Å². The maximum atomic E-state index is 12.4. The summed E-state index contributed by atoms with van der Waals surface area (Å²) in [7, 11) is 1.51. The summed E-state index contributed by atoms with van der Waals surface area (Å²) < 4.78 is 5.79. The Kier molecular flexibility index (Phi) is 6.84. The van der Waals surface area contributed by atoms with E-state index in [4.69, 9.17) is 4.74 Å². The van der Waals surface area contributed by atoms with Gasteiger partial charge >= 0.3 is 0 Å². The maximum absolute atomic E-state index is 12.4. The average Bonchev–Trinajstić information content (AvgIpc) is 3.15. The molecule has 29 heavy (non-hydrogen) atoms. The minimum absolute atomic E-state index is 0.128. The van der Waals surface area contributed by atoms with Crippen LogP contribution in [-0.2, 0) is 4.79 Å². The van der Waals surface area contributed by atoms with E-state index in [9.17, 15) is 9.59 Å². The van der Waals surface area contributed by atoms with E-state index < -0.39 is 0 Å². The number of carbonyl (C=O) groups excluding carboxylic acids is 2. The topological polar surface area (TPSA) is 93.2 Å². The second-order valence-electron chi connectivity index (χ2n) is 6.18. The lowest BCUT2D eigenvalue weighted by Gasteiger charge is -2.08. The molecule has 2 amide bonds. The number of thioether (sulfide) groups is 1. The third kappa shape index (κ3) is 5.55. The number of para-hydroxylation sites is 1. The van der Waals surface area contributed by atoms with E-state index in [1.165, 1.54) is 30.2 Å². The highest BCUT2D eigenvalue weighted by Gasteiger charge is 2.15. The molecule has 0 spiro atoms. The van der Waals surface area contributed by atoms with Gasteiger partial charge in [-0.2, -0.15) is 0 Å². The summed E-state index contributed by atoms with van der Waals surface area (Å²) in [6.07, 6.45) is 0. The van der Waals surface area contributed by atoms with Gasteiger partial charge in [-0.15, -0.1) is 10.2 Å².